The lowest BCUT2D eigenvalue weighted by Crippen LogP contribution is -2.47. The first kappa shape index (κ1) is 18.2. The molecule has 7 heteroatoms. The Labute approximate surface area is 157 Å². The lowest BCUT2D eigenvalue weighted by atomic mass is 10.1. The highest BCUT2D eigenvalue weighted by molar-refractivity contribution is 6.30. The van der Waals surface area contributed by atoms with Gasteiger partial charge in [-0.25, -0.2) is 0 Å². The minimum atomic E-state index is -0.421. The summed E-state index contributed by atoms with van der Waals surface area (Å²) < 4.78 is 0. The van der Waals surface area contributed by atoms with Crippen LogP contribution < -0.4 is 9.80 Å². The van der Waals surface area contributed by atoms with E-state index in [2.05, 4.69) is 4.90 Å². The Morgan fingerprint density at radius 2 is 1.65 bits per heavy atom. The Morgan fingerprint density at radius 3 is 2.23 bits per heavy atom. The van der Waals surface area contributed by atoms with Gasteiger partial charge in [0, 0.05) is 48.5 Å². The number of nitrogens with zero attached hydrogens (tertiary/aromatic N) is 3. The number of carbonyl (C=O) groups excluding carboxylic acids is 1. The second-order valence-electron chi connectivity index (χ2n) is 6.42. The molecule has 2 aromatic carbocycles. The Hall–Kier alpha value is -2.60. The number of benzene rings is 2. The molecule has 1 saturated heterocycles. The van der Waals surface area contributed by atoms with Crippen molar-refractivity contribution >= 4 is 34.4 Å². The van der Waals surface area contributed by atoms with Gasteiger partial charge in [-0.2, -0.15) is 0 Å². The maximum atomic E-state index is 11.5. The molecule has 0 aliphatic carbocycles. The molecule has 0 unspecified atom stereocenters. The standard InChI is InChI=1S/C19H20ClN3O3/c1-13-3-5-16(20)12-18(13)22-9-7-21(8-10-22)17-6-4-15(14(2)24)11-19(17)23(25)26/h3-6,11-12H,7-10H2,1-2H3. The quantitative estimate of drug-likeness (QED) is 0.459. The van der Waals surface area contributed by atoms with E-state index in [1.54, 1.807) is 12.1 Å². The zero-order valence-corrected chi connectivity index (χ0v) is 15.5. The van der Waals surface area contributed by atoms with E-state index in [0.717, 1.165) is 24.3 Å². The summed E-state index contributed by atoms with van der Waals surface area (Å²) in [4.78, 5) is 26.8. The normalized spacial score (nSPS) is 14.4. The van der Waals surface area contributed by atoms with E-state index in [0.29, 0.717) is 29.4 Å². The number of nitro groups is 1. The fraction of sp³-hybridized carbons (Fsp3) is 0.316. The van der Waals surface area contributed by atoms with Crippen LogP contribution in [0.15, 0.2) is 36.4 Å². The zero-order chi connectivity index (χ0) is 18.8. The smallest absolute Gasteiger partial charge is 0.293 e. The van der Waals surface area contributed by atoms with E-state index in [1.165, 1.54) is 13.0 Å². The van der Waals surface area contributed by atoms with Crippen LogP contribution in [0.25, 0.3) is 0 Å². The van der Waals surface area contributed by atoms with Gasteiger partial charge >= 0.3 is 0 Å². The molecule has 1 aliphatic rings. The lowest BCUT2D eigenvalue weighted by Gasteiger charge is -2.37. The van der Waals surface area contributed by atoms with Crippen molar-refractivity contribution in [1.82, 2.24) is 0 Å². The number of anilines is 2. The van der Waals surface area contributed by atoms with Crippen LogP contribution in [-0.4, -0.2) is 36.9 Å². The maximum Gasteiger partial charge on any atom is 0.293 e. The first-order chi connectivity index (χ1) is 12.4. The van der Waals surface area contributed by atoms with Crippen molar-refractivity contribution in [2.45, 2.75) is 13.8 Å². The summed E-state index contributed by atoms with van der Waals surface area (Å²) in [7, 11) is 0. The molecule has 3 rings (SSSR count). The minimum Gasteiger partial charge on any atom is -0.368 e. The average molecular weight is 374 g/mol. The number of aryl methyl sites for hydroxylation is 1. The molecule has 136 valence electrons. The van der Waals surface area contributed by atoms with E-state index >= 15 is 0 Å². The summed E-state index contributed by atoms with van der Waals surface area (Å²) in [6.07, 6.45) is 0. The number of nitro benzene ring substituents is 1. The van der Waals surface area contributed by atoms with Gasteiger partial charge in [0.2, 0.25) is 0 Å². The monoisotopic (exact) mass is 373 g/mol. The van der Waals surface area contributed by atoms with Crippen LogP contribution in [-0.2, 0) is 0 Å². The van der Waals surface area contributed by atoms with Crippen LogP contribution in [0.2, 0.25) is 5.02 Å². The fourth-order valence-corrected chi connectivity index (χ4v) is 3.43. The van der Waals surface area contributed by atoms with Crippen LogP contribution in [0.5, 0.6) is 0 Å². The Bertz CT molecular complexity index is 861. The highest BCUT2D eigenvalue weighted by atomic mass is 35.5. The van der Waals surface area contributed by atoms with E-state index in [9.17, 15) is 14.9 Å². The van der Waals surface area contributed by atoms with Gasteiger partial charge in [-0.1, -0.05) is 17.7 Å². The van der Waals surface area contributed by atoms with E-state index in [1.807, 2.05) is 30.0 Å². The molecule has 0 N–H and O–H groups in total. The number of hydrogen-bond donors (Lipinski definition) is 0. The predicted octanol–water partition coefficient (Wildman–Crippen LogP) is 4.09. The number of rotatable bonds is 4. The van der Waals surface area contributed by atoms with Crippen molar-refractivity contribution < 1.29 is 9.72 Å². The molecule has 2 aromatic rings. The molecule has 0 bridgehead atoms. The highest BCUT2D eigenvalue weighted by Crippen LogP contribution is 2.32. The second-order valence-corrected chi connectivity index (χ2v) is 6.86. The van der Waals surface area contributed by atoms with Crippen molar-refractivity contribution in [2.75, 3.05) is 36.0 Å². The molecular weight excluding hydrogens is 354 g/mol. The van der Waals surface area contributed by atoms with Crippen molar-refractivity contribution in [1.29, 1.82) is 0 Å². The predicted molar refractivity (Wildman–Crippen MR) is 104 cm³/mol. The van der Waals surface area contributed by atoms with Gasteiger partial charge in [-0.05, 0) is 43.7 Å². The zero-order valence-electron chi connectivity index (χ0n) is 14.7. The van der Waals surface area contributed by atoms with Crippen LogP contribution in [0.3, 0.4) is 0 Å². The first-order valence-corrected chi connectivity index (χ1v) is 8.80. The van der Waals surface area contributed by atoms with Gasteiger partial charge in [0.1, 0.15) is 5.69 Å². The summed E-state index contributed by atoms with van der Waals surface area (Å²) in [5.74, 6) is -0.180. The maximum absolute atomic E-state index is 11.5. The Kier molecular flexibility index (Phi) is 5.13. The van der Waals surface area contributed by atoms with E-state index < -0.39 is 4.92 Å². The van der Waals surface area contributed by atoms with Crippen molar-refractivity contribution in [3.63, 3.8) is 0 Å². The minimum absolute atomic E-state index is 0.0231. The molecule has 0 aromatic heterocycles. The van der Waals surface area contributed by atoms with Gasteiger partial charge in [-0.3, -0.25) is 14.9 Å². The molecule has 6 nitrogen and oxygen atoms in total. The molecule has 1 aliphatic heterocycles. The molecule has 1 heterocycles. The van der Waals surface area contributed by atoms with Gasteiger partial charge in [0.25, 0.3) is 5.69 Å². The van der Waals surface area contributed by atoms with Crippen molar-refractivity contribution in [2.24, 2.45) is 0 Å². The largest absolute Gasteiger partial charge is 0.368 e. The number of piperazine rings is 1. The van der Waals surface area contributed by atoms with E-state index in [-0.39, 0.29) is 11.5 Å². The molecular formula is C19H20ClN3O3. The van der Waals surface area contributed by atoms with Gasteiger partial charge in [0.15, 0.2) is 5.78 Å². The summed E-state index contributed by atoms with van der Waals surface area (Å²) in [6.45, 7) is 6.26. The summed E-state index contributed by atoms with van der Waals surface area (Å²) in [6, 6.07) is 10.5. The third-order valence-corrected chi connectivity index (χ3v) is 4.95. The molecule has 0 saturated carbocycles. The number of carbonyl (C=O) groups is 1. The number of halogens is 1. The summed E-state index contributed by atoms with van der Waals surface area (Å²) in [5, 5.41) is 12.1. The Morgan fingerprint density at radius 1 is 1.04 bits per heavy atom. The van der Waals surface area contributed by atoms with Gasteiger partial charge in [-0.15, -0.1) is 0 Å². The lowest BCUT2D eigenvalue weighted by molar-refractivity contribution is -0.384. The number of ketones is 1. The first-order valence-electron chi connectivity index (χ1n) is 8.42. The third-order valence-electron chi connectivity index (χ3n) is 4.71. The molecule has 0 atom stereocenters. The summed E-state index contributed by atoms with van der Waals surface area (Å²) in [5.41, 5.74) is 3.14. The molecule has 0 spiro atoms. The molecule has 0 radical (unpaired) electrons. The van der Waals surface area contributed by atoms with Crippen molar-refractivity contribution in [3.05, 3.63) is 62.7 Å². The molecule has 0 amide bonds. The van der Waals surface area contributed by atoms with Crippen LogP contribution in [0.4, 0.5) is 17.1 Å². The number of hydrogen-bond acceptors (Lipinski definition) is 5. The molecule has 26 heavy (non-hydrogen) atoms. The topological polar surface area (TPSA) is 66.7 Å². The van der Waals surface area contributed by atoms with Crippen LogP contribution in [0.1, 0.15) is 22.8 Å². The Balaban J connectivity index is 1.81. The number of Topliss-reactive ketones (excluding diaryl/α,β-unsaturated/α-hetero) is 1. The van der Waals surface area contributed by atoms with Crippen LogP contribution in [0, 0.1) is 17.0 Å². The third kappa shape index (κ3) is 3.65. The van der Waals surface area contributed by atoms with Crippen molar-refractivity contribution in [3.8, 4) is 0 Å². The highest BCUT2D eigenvalue weighted by Gasteiger charge is 2.25. The van der Waals surface area contributed by atoms with Gasteiger partial charge < -0.3 is 9.80 Å². The SMILES string of the molecule is CC(=O)c1ccc(N2CCN(c3cc(Cl)ccc3C)CC2)c([N+](=O)[O-])c1. The van der Waals surface area contributed by atoms with E-state index in [4.69, 9.17) is 11.6 Å². The molecule has 1 fully saturated rings. The van der Waals surface area contributed by atoms with Gasteiger partial charge in [0.05, 0.1) is 4.92 Å². The second kappa shape index (κ2) is 7.33. The van der Waals surface area contributed by atoms with Crippen LogP contribution >= 0.6 is 11.6 Å². The fourth-order valence-electron chi connectivity index (χ4n) is 3.27. The average Bonchev–Trinajstić information content (AvgIpc) is 2.63. The summed E-state index contributed by atoms with van der Waals surface area (Å²) >= 11 is 6.12.